The second kappa shape index (κ2) is 21.1. The van der Waals surface area contributed by atoms with Crippen LogP contribution in [0.25, 0.3) is 0 Å². The minimum absolute atomic E-state index is 0. The van der Waals surface area contributed by atoms with Gasteiger partial charge in [0, 0.05) is 37.6 Å². The molecule has 0 aromatic heterocycles. The lowest BCUT2D eigenvalue weighted by atomic mass is 10.1. The summed E-state index contributed by atoms with van der Waals surface area (Å²) in [7, 11) is -4.92. The van der Waals surface area contributed by atoms with E-state index in [0.29, 0.717) is 11.4 Å². The maximum absolute atomic E-state index is 12.9. The Morgan fingerprint density at radius 1 is 0.547 bits per heavy atom. The number of urea groups is 2. The number of hydrogen-bond donors (Lipinski definition) is 5. The number of nitrogens with zero attached hydrogens (tertiary/aromatic N) is 1. The largest absolute Gasteiger partial charge is 0.331 e. The van der Waals surface area contributed by atoms with E-state index in [9.17, 15) is 26.4 Å². The van der Waals surface area contributed by atoms with Crippen LogP contribution in [0.4, 0.5) is 21.0 Å². The number of hydrogen-bond acceptors (Lipinski definition) is 8. The molecule has 0 saturated carbocycles. The summed E-state index contributed by atoms with van der Waals surface area (Å²) in [6, 6.07) is 42.6. The summed E-state index contributed by atoms with van der Waals surface area (Å²) in [5.41, 5.74) is 9.44. The second-order valence-electron chi connectivity index (χ2n) is 16.0. The Kier molecular flexibility index (Phi) is 15.6. The third kappa shape index (κ3) is 12.6. The summed E-state index contributed by atoms with van der Waals surface area (Å²) in [5, 5.41) is 14.5. The van der Waals surface area contributed by atoms with Crippen molar-refractivity contribution in [1.29, 1.82) is 0 Å². The molecule has 12 nitrogen and oxygen atoms in total. The van der Waals surface area contributed by atoms with E-state index in [1.807, 2.05) is 111 Å². The number of rotatable bonds is 12. The third-order valence-electron chi connectivity index (χ3n) is 11.0. The van der Waals surface area contributed by atoms with Crippen LogP contribution in [0.2, 0.25) is 0 Å². The van der Waals surface area contributed by atoms with Gasteiger partial charge in [-0.2, -0.15) is 0 Å². The van der Waals surface area contributed by atoms with E-state index in [1.54, 1.807) is 24.3 Å². The lowest BCUT2D eigenvalue weighted by molar-refractivity contribution is 0.248. The average molecular weight is 922 g/mol. The van der Waals surface area contributed by atoms with Gasteiger partial charge in [0.25, 0.3) is 0 Å². The molecule has 2 heterocycles. The molecule has 0 fully saturated rings. The number of nitrogens with one attached hydrogen (secondary N) is 5. The van der Waals surface area contributed by atoms with Crippen molar-refractivity contribution in [3.63, 3.8) is 0 Å². The van der Waals surface area contributed by atoms with Crippen molar-refractivity contribution in [3.05, 3.63) is 190 Å². The Bertz CT molecular complexity index is 2780. The Balaban J connectivity index is 0.000000209. The normalized spacial score (nSPS) is 14.0. The molecule has 8 rings (SSSR count). The fourth-order valence-electron chi connectivity index (χ4n) is 7.62. The zero-order valence-corrected chi connectivity index (χ0v) is 38.3. The molecule has 6 aromatic carbocycles. The van der Waals surface area contributed by atoms with E-state index in [2.05, 4.69) is 38.5 Å². The van der Waals surface area contributed by atoms with Gasteiger partial charge in [0.15, 0.2) is 19.7 Å². The molecule has 15 heteroatoms. The highest BCUT2D eigenvalue weighted by Gasteiger charge is 2.21. The highest BCUT2D eigenvalue weighted by molar-refractivity contribution is 7.91. The highest BCUT2D eigenvalue weighted by Crippen LogP contribution is 2.26. The van der Waals surface area contributed by atoms with Crippen LogP contribution in [0.5, 0.6) is 0 Å². The number of anilines is 2. The van der Waals surface area contributed by atoms with E-state index < -0.39 is 19.7 Å². The van der Waals surface area contributed by atoms with Crippen molar-refractivity contribution in [2.75, 3.05) is 17.7 Å². The first-order valence-electron chi connectivity index (χ1n) is 20.7. The van der Waals surface area contributed by atoms with Gasteiger partial charge in [-0.25, -0.2) is 26.4 Å². The van der Waals surface area contributed by atoms with Crippen molar-refractivity contribution in [1.82, 2.24) is 20.9 Å². The van der Waals surface area contributed by atoms with Crippen LogP contribution in [-0.4, -0.2) is 40.8 Å². The van der Waals surface area contributed by atoms with E-state index in [1.165, 1.54) is 41.0 Å². The number of sulfone groups is 2. The molecular formula is C49H53ClN6O6S2. The molecule has 5 N–H and O–H groups in total. The lowest BCUT2D eigenvalue weighted by Crippen LogP contribution is -2.31. The number of amides is 4. The molecule has 6 aromatic rings. The van der Waals surface area contributed by atoms with Crippen molar-refractivity contribution in [2.24, 2.45) is 0 Å². The summed E-state index contributed by atoms with van der Waals surface area (Å²) < 4.78 is 51.4. The van der Waals surface area contributed by atoms with Crippen molar-refractivity contribution < 1.29 is 26.4 Å². The summed E-state index contributed by atoms with van der Waals surface area (Å²) >= 11 is 0. The Morgan fingerprint density at radius 2 is 0.953 bits per heavy atom. The van der Waals surface area contributed by atoms with Crippen molar-refractivity contribution in [3.8, 4) is 0 Å². The first-order chi connectivity index (χ1) is 30.2. The second-order valence-corrected chi connectivity index (χ2v) is 20.0. The van der Waals surface area contributed by atoms with E-state index in [-0.39, 0.29) is 57.8 Å². The molecular weight excluding hydrogens is 868 g/mol. The molecule has 0 radical (unpaired) electrons. The Hall–Kier alpha value is -6.03. The van der Waals surface area contributed by atoms with Gasteiger partial charge in [0.1, 0.15) is 0 Å². The van der Waals surface area contributed by atoms with E-state index in [4.69, 9.17) is 0 Å². The van der Waals surface area contributed by atoms with E-state index >= 15 is 0 Å². The van der Waals surface area contributed by atoms with Crippen LogP contribution in [0.3, 0.4) is 0 Å². The zero-order chi connectivity index (χ0) is 44.6. The Labute approximate surface area is 382 Å². The quantitative estimate of drug-likeness (QED) is 0.0812. The van der Waals surface area contributed by atoms with Gasteiger partial charge in [-0.15, -0.1) is 12.4 Å². The van der Waals surface area contributed by atoms with Gasteiger partial charge >= 0.3 is 12.1 Å². The molecule has 64 heavy (non-hydrogen) atoms. The van der Waals surface area contributed by atoms with Crippen LogP contribution in [0.15, 0.2) is 155 Å². The topological polar surface area (TPSA) is 166 Å². The molecule has 2 aliphatic heterocycles. The fourth-order valence-corrected chi connectivity index (χ4v) is 10.3. The minimum atomic E-state index is -3.49. The predicted molar refractivity (Wildman–Crippen MR) is 255 cm³/mol. The maximum atomic E-state index is 12.9. The number of fused-ring (bicyclic) bond motifs is 2. The summed E-state index contributed by atoms with van der Waals surface area (Å²) in [5.74, 6) is -0.103. The molecule has 0 bridgehead atoms. The van der Waals surface area contributed by atoms with Gasteiger partial charge in [-0.1, -0.05) is 97.1 Å². The standard InChI is InChI=1S/C25H27N3O3S.C24H25N3O3S.ClH/c1-18(20-6-4-3-5-7-20)26-25(29)27-23-10-12-24(13-11-23)32(30,31)17-19-8-9-21-15-28(2)16-22(21)14-19;1-17(19-5-3-2-4-6-19)26-24(28)27-22-9-11-23(12-10-22)31(29,30)16-18-7-8-20-14-25-15-21(20)13-18;/h3-14,18H,15-17H2,1-2H3,(H2,26,27,29);2-13,17,25H,14-16H2,1H3,(H2,26,27,28);1H. The summed E-state index contributed by atoms with van der Waals surface area (Å²) in [6.07, 6.45) is 0. The molecule has 0 spiro atoms. The molecule has 2 atom stereocenters. The van der Waals surface area contributed by atoms with Crippen LogP contribution in [0.1, 0.15) is 70.4 Å². The monoisotopic (exact) mass is 920 g/mol. The summed E-state index contributed by atoms with van der Waals surface area (Å²) in [6.45, 7) is 7.15. The zero-order valence-electron chi connectivity index (χ0n) is 35.9. The number of carbonyl (C=O) groups is 2. The van der Waals surface area contributed by atoms with Crippen LogP contribution in [-0.2, 0) is 57.4 Å². The molecule has 4 amide bonds. The SMILES string of the molecule is CC(NC(=O)Nc1ccc(S(=O)(=O)Cc2ccc3c(c2)CN(C)C3)cc1)c1ccccc1.CC(NC(=O)Nc1ccc(S(=O)(=O)Cc2ccc3c(c2)CNC3)cc1)c1ccccc1.Cl. The molecule has 2 aliphatic rings. The molecule has 334 valence electrons. The average Bonchev–Trinajstić information content (AvgIpc) is 3.89. The van der Waals surface area contributed by atoms with Crippen LogP contribution >= 0.6 is 12.4 Å². The van der Waals surface area contributed by atoms with Crippen molar-refractivity contribution >= 4 is 55.5 Å². The third-order valence-corrected chi connectivity index (χ3v) is 14.4. The fraction of sp³-hybridized carbons (Fsp3) is 0.224. The van der Waals surface area contributed by atoms with Gasteiger partial charge in [-0.3, -0.25) is 4.90 Å². The van der Waals surface area contributed by atoms with Crippen LogP contribution < -0.4 is 26.6 Å². The molecule has 2 unspecified atom stereocenters. The van der Waals surface area contributed by atoms with Gasteiger partial charge in [-0.05, 0) is 114 Å². The minimum Gasteiger partial charge on any atom is -0.331 e. The predicted octanol–water partition coefficient (Wildman–Crippen LogP) is 9.06. The summed E-state index contributed by atoms with van der Waals surface area (Å²) in [4.78, 5) is 27.2. The first kappa shape index (κ1) is 47.4. The molecule has 0 aliphatic carbocycles. The maximum Gasteiger partial charge on any atom is 0.319 e. The first-order valence-corrected chi connectivity index (χ1v) is 24.0. The number of halogens is 1. The van der Waals surface area contributed by atoms with Crippen molar-refractivity contribution in [2.45, 2.75) is 73.4 Å². The molecule has 0 saturated heterocycles. The Morgan fingerprint density at radius 3 is 1.42 bits per heavy atom. The highest BCUT2D eigenvalue weighted by atomic mass is 35.5. The van der Waals surface area contributed by atoms with Gasteiger partial charge < -0.3 is 26.6 Å². The lowest BCUT2D eigenvalue weighted by Gasteiger charge is -2.15. The number of carbonyl (C=O) groups excluding carboxylic acids is 2. The van der Waals surface area contributed by atoms with Gasteiger partial charge in [0.05, 0.1) is 33.4 Å². The van der Waals surface area contributed by atoms with Gasteiger partial charge in [0.2, 0.25) is 0 Å². The van der Waals surface area contributed by atoms with Crippen LogP contribution in [0, 0.1) is 0 Å². The van der Waals surface area contributed by atoms with E-state index in [0.717, 1.165) is 54.0 Å². The smallest absolute Gasteiger partial charge is 0.319 e. The number of benzene rings is 6.